The highest BCUT2D eigenvalue weighted by Crippen LogP contribution is 2.15. The van der Waals surface area contributed by atoms with E-state index >= 15 is 0 Å². The van der Waals surface area contributed by atoms with E-state index < -0.39 is 32.3 Å². The number of hydrogen-bond donors (Lipinski definition) is 4. The summed E-state index contributed by atoms with van der Waals surface area (Å²) in [4.78, 5) is 12.2. The van der Waals surface area contributed by atoms with Gasteiger partial charge in [-0.1, -0.05) is 29.8 Å². The van der Waals surface area contributed by atoms with Crippen LogP contribution in [0.2, 0.25) is 0 Å². The zero-order chi connectivity index (χ0) is 20.9. The minimum atomic E-state index is -4.39. The van der Waals surface area contributed by atoms with Crippen molar-refractivity contribution in [1.29, 1.82) is 0 Å². The summed E-state index contributed by atoms with van der Waals surface area (Å²) in [5.74, 6) is -0.518. The molecule has 0 bridgehead atoms. The third kappa shape index (κ3) is 6.30. The Morgan fingerprint density at radius 3 is 2.07 bits per heavy atom. The van der Waals surface area contributed by atoms with Crippen LogP contribution >= 0.6 is 0 Å². The van der Waals surface area contributed by atoms with Gasteiger partial charge < -0.3 is 5.32 Å². The van der Waals surface area contributed by atoms with Gasteiger partial charge in [0.2, 0.25) is 15.9 Å². The third-order valence-electron chi connectivity index (χ3n) is 3.83. The third-order valence-corrected chi connectivity index (χ3v) is 5.81. The normalized spacial score (nSPS) is 13.0. The molecule has 1 unspecified atom stereocenters. The Kier molecular flexibility index (Phi) is 6.77. The summed E-state index contributed by atoms with van der Waals surface area (Å²) in [6.07, 6.45) is 0.0386. The minimum Gasteiger partial charge on any atom is -0.358 e. The maximum absolute atomic E-state index is 12.6. The molecule has 0 heterocycles. The van der Waals surface area contributed by atoms with E-state index in [-0.39, 0.29) is 17.0 Å². The van der Waals surface area contributed by atoms with Crippen LogP contribution in [0, 0.1) is 6.92 Å². The summed E-state index contributed by atoms with van der Waals surface area (Å²) in [6, 6.07) is 11.0. The lowest BCUT2D eigenvalue weighted by Gasteiger charge is -2.18. The molecule has 0 spiro atoms. The van der Waals surface area contributed by atoms with Crippen LogP contribution in [0.1, 0.15) is 11.1 Å². The molecule has 11 heteroatoms. The molecular weight excluding hydrogens is 406 g/mol. The molecule has 28 heavy (non-hydrogen) atoms. The number of nitrogens with one attached hydrogen (secondary N) is 3. The molecule has 0 radical (unpaired) electrons. The van der Waals surface area contributed by atoms with Gasteiger partial charge in [-0.3, -0.25) is 14.1 Å². The van der Waals surface area contributed by atoms with Gasteiger partial charge in [-0.05, 0) is 43.2 Å². The van der Waals surface area contributed by atoms with Crippen molar-refractivity contribution >= 4 is 31.9 Å². The Balaban J connectivity index is 2.20. The molecule has 0 saturated heterocycles. The lowest BCUT2D eigenvalue weighted by atomic mass is 10.1. The van der Waals surface area contributed by atoms with Gasteiger partial charge in [0.15, 0.2) is 0 Å². The van der Waals surface area contributed by atoms with E-state index in [9.17, 15) is 21.6 Å². The van der Waals surface area contributed by atoms with Gasteiger partial charge in [-0.25, -0.2) is 8.42 Å². The number of anilines is 1. The topological polar surface area (TPSA) is 142 Å². The second-order valence-corrected chi connectivity index (χ2v) is 8.95. The van der Waals surface area contributed by atoms with Crippen molar-refractivity contribution < 1.29 is 26.2 Å². The molecule has 0 saturated carbocycles. The molecule has 0 fully saturated rings. The Bertz CT molecular complexity index is 1030. The summed E-state index contributed by atoms with van der Waals surface area (Å²) in [5, 5.41) is 2.42. The molecule has 2 aromatic rings. The van der Waals surface area contributed by atoms with Crippen molar-refractivity contribution in [1.82, 2.24) is 10.0 Å². The van der Waals surface area contributed by atoms with E-state index in [1.165, 1.54) is 43.4 Å². The smallest absolute Gasteiger partial charge is 0.357 e. The van der Waals surface area contributed by atoms with Gasteiger partial charge in [0, 0.05) is 7.05 Å². The lowest BCUT2D eigenvalue weighted by molar-refractivity contribution is -0.122. The van der Waals surface area contributed by atoms with Crippen LogP contribution in [0.5, 0.6) is 0 Å². The molecule has 0 aliphatic rings. The fraction of sp³-hybridized carbons (Fsp3) is 0.235. The van der Waals surface area contributed by atoms with Gasteiger partial charge >= 0.3 is 10.3 Å². The molecule has 0 aliphatic carbocycles. The van der Waals surface area contributed by atoms with E-state index in [2.05, 4.69) is 10.0 Å². The van der Waals surface area contributed by atoms with Gasteiger partial charge in [-0.2, -0.15) is 13.1 Å². The zero-order valence-electron chi connectivity index (χ0n) is 15.2. The highest BCUT2D eigenvalue weighted by Gasteiger charge is 2.25. The second kappa shape index (κ2) is 8.69. The van der Waals surface area contributed by atoms with Crippen molar-refractivity contribution in [3.8, 4) is 0 Å². The number of aryl methyl sites for hydroxylation is 1. The van der Waals surface area contributed by atoms with E-state index in [0.717, 1.165) is 5.56 Å². The van der Waals surface area contributed by atoms with Crippen molar-refractivity contribution in [3.05, 3.63) is 59.7 Å². The Hall–Kier alpha value is -2.47. The highest BCUT2D eigenvalue weighted by molar-refractivity contribution is 7.89. The largest absolute Gasteiger partial charge is 0.358 e. The van der Waals surface area contributed by atoms with Crippen molar-refractivity contribution in [2.45, 2.75) is 24.3 Å². The predicted molar refractivity (Wildman–Crippen MR) is 105 cm³/mol. The molecule has 1 amide bonds. The van der Waals surface area contributed by atoms with Crippen LogP contribution in [0.15, 0.2) is 53.4 Å². The quantitative estimate of drug-likeness (QED) is 0.460. The van der Waals surface area contributed by atoms with Crippen LogP contribution in [0.4, 0.5) is 5.69 Å². The number of amides is 1. The number of hydrogen-bond acceptors (Lipinski definition) is 5. The maximum atomic E-state index is 12.6. The van der Waals surface area contributed by atoms with E-state index in [0.29, 0.717) is 5.56 Å². The van der Waals surface area contributed by atoms with E-state index in [4.69, 9.17) is 4.55 Å². The number of carbonyl (C=O) groups excluding carboxylic acids is 1. The SMILES string of the molecule is CNC(=O)C(Cc1ccc(NS(=O)(=O)O)cc1)NS(=O)(=O)c1ccc(C)cc1. The molecule has 4 N–H and O–H groups in total. The molecule has 2 rings (SSSR count). The summed E-state index contributed by atoms with van der Waals surface area (Å²) < 4.78 is 59.9. The maximum Gasteiger partial charge on any atom is 0.357 e. The first kappa shape index (κ1) is 21.8. The average molecular weight is 428 g/mol. The summed E-state index contributed by atoms with van der Waals surface area (Å²) in [7, 11) is -6.92. The van der Waals surface area contributed by atoms with Crippen molar-refractivity contribution in [2.75, 3.05) is 11.8 Å². The van der Waals surface area contributed by atoms with Crippen LogP contribution in [0.25, 0.3) is 0 Å². The number of rotatable bonds is 8. The molecule has 152 valence electrons. The van der Waals surface area contributed by atoms with Crippen molar-refractivity contribution in [3.63, 3.8) is 0 Å². The number of carbonyl (C=O) groups is 1. The molecule has 2 aromatic carbocycles. The first-order valence-corrected chi connectivity index (χ1v) is 11.1. The van der Waals surface area contributed by atoms with Crippen LogP contribution in [-0.4, -0.2) is 40.4 Å². The van der Waals surface area contributed by atoms with Crippen molar-refractivity contribution in [2.24, 2.45) is 0 Å². The Morgan fingerprint density at radius 1 is 1.00 bits per heavy atom. The van der Waals surface area contributed by atoms with Gasteiger partial charge in [0.25, 0.3) is 0 Å². The summed E-state index contributed by atoms with van der Waals surface area (Å²) in [6.45, 7) is 1.83. The monoisotopic (exact) mass is 427 g/mol. The number of likely N-dealkylation sites (N-methyl/N-ethyl adjacent to an activating group) is 1. The standard InChI is InChI=1S/C17H21N3O6S2/c1-12-3-9-15(10-4-12)27(22,23)20-16(17(21)18-2)11-13-5-7-14(8-6-13)19-28(24,25)26/h3-10,16,19-20H,11H2,1-2H3,(H,18,21)(H,24,25,26). The molecule has 1 atom stereocenters. The fourth-order valence-corrected chi connectivity index (χ4v) is 4.06. The summed E-state index contributed by atoms with van der Waals surface area (Å²) >= 11 is 0. The first-order chi connectivity index (χ1) is 13.0. The second-order valence-electron chi connectivity index (χ2n) is 6.08. The van der Waals surface area contributed by atoms with Crippen LogP contribution < -0.4 is 14.8 Å². The highest BCUT2D eigenvalue weighted by atomic mass is 32.2. The zero-order valence-corrected chi connectivity index (χ0v) is 16.8. The minimum absolute atomic E-state index is 0.0386. The molecule has 9 nitrogen and oxygen atoms in total. The molecule has 0 aromatic heterocycles. The Labute approximate surface area is 164 Å². The van der Waals surface area contributed by atoms with Crippen LogP contribution in [0.3, 0.4) is 0 Å². The average Bonchev–Trinajstić information content (AvgIpc) is 2.61. The van der Waals surface area contributed by atoms with Gasteiger partial charge in [0.1, 0.15) is 6.04 Å². The van der Waals surface area contributed by atoms with Gasteiger partial charge in [-0.15, -0.1) is 0 Å². The van der Waals surface area contributed by atoms with Gasteiger partial charge in [0.05, 0.1) is 10.6 Å². The Morgan fingerprint density at radius 2 is 1.57 bits per heavy atom. The molecular formula is C17H21N3O6S2. The number of benzene rings is 2. The fourth-order valence-electron chi connectivity index (χ4n) is 2.43. The predicted octanol–water partition coefficient (Wildman–Crippen LogP) is 0.845. The van der Waals surface area contributed by atoms with E-state index in [1.807, 2.05) is 11.6 Å². The van der Waals surface area contributed by atoms with E-state index in [1.54, 1.807) is 12.1 Å². The molecule has 0 aliphatic heterocycles. The lowest BCUT2D eigenvalue weighted by Crippen LogP contribution is -2.46. The summed E-state index contributed by atoms with van der Waals surface area (Å²) in [5.41, 5.74) is 1.62. The van der Waals surface area contributed by atoms with Crippen LogP contribution in [-0.2, 0) is 31.5 Å². The first-order valence-electron chi connectivity index (χ1n) is 8.15. The number of sulfonamides is 1.